The van der Waals surface area contributed by atoms with Crippen molar-refractivity contribution in [1.82, 2.24) is 0 Å². The molecule has 0 heterocycles. The number of ether oxygens (including phenoxy) is 1. The zero-order valence-corrected chi connectivity index (χ0v) is 10.6. The molecule has 2 rings (SSSR count). The first kappa shape index (κ1) is 14.0. The summed E-state index contributed by atoms with van der Waals surface area (Å²) in [5.41, 5.74) is 0.136. The molecule has 0 unspecified atom stereocenters. The Kier molecular flexibility index (Phi) is 3.97. The van der Waals surface area contributed by atoms with Crippen LogP contribution in [0.25, 0.3) is 0 Å². The number of rotatable bonds is 3. The minimum absolute atomic E-state index is 0.0495. The van der Waals surface area contributed by atoms with Crippen LogP contribution in [0.15, 0.2) is 36.4 Å². The highest BCUT2D eigenvalue weighted by Gasteiger charge is 2.15. The van der Waals surface area contributed by atoms with Crippen molar-refractivity contribution >= 4 is 0 Å². The molecule has 0 aliphatic heterocycles. The van der Waals surface area contributed by atoms with Gasteiger partial charge in [-0.15, -0.1) is 0 Å². The molecular weight excluding hydrogens is 264 g/mol. The normalized spacial score (nSPS) is 11.8. The molecule has 102 valence electrons. The second-order valence-corrected chi connectivity index (χ2v) is 4.19. The summed E-state index contributed by atoms with van der Waals surface area (Å²) in [4.78, 5) is 0. The average Bonchev–Trinajstić information content (AvgIpc) is 2.41. The molecule has 0 fully saturated rings. The number of aliphatic hydroxyl groups is 1. The van der Waals surface area contributed by atoms with E-state index in [9.17, 15) is 13.9 Å². The fourth-order valence-electron chi connectivity index (χ4n) is 1.73. The Morgan fingerprint density at radius 1 is 1.20 bits per heavy atom. The van der Waals surface area contributed by atoms with Gasteiger partial charge in [0.15, 0.2) is 11.6 Å². The summed E-state index contributed by atoms with van der Waals surface area (Å²) in [5, 5.41) is 18.2. The molecule has 0 saturated heterocycles. The van der Waals surface area contributed by atoms with Crippen LogP contribution in [-0.4, -0.2) is 5.11 Å². The van der Waals surface area contributed by atoms with E-state index in [1.807, 2.05) is 0 Å². The molecule has 0 aliphatic carbocycles. The Hall–Kier alpha value is -2.45. The first-order valence-electron chi connectivity index (χ1n) is 5.87. The molecule has 3 nitrogen and oxygen atoms in total. The monoisotopic (exact) mass is 275 g/mol. The van der Waals surface area contributed by atoms with Gasteiger partial charge in [0.05, 0.1) is 11.7 Å². The van der Waals surface area contributed by atoms with Gasteiger partial charge in [0.2, 0.25) is 0 Å². The van der Waals surface area contributed by atoms with Crippen LogP contribution in [-0.2, 0) is 0 Å². The van der Waals surface area contributed by atoms with Gasteiger partial charge in [0.1, 0.15) is 17.6 Å². The van der Waals surface area contributed by atoms with Gasteiger partial charge >= 0.3 is 0 Å². The third-order valence-corrected chi connectivity index (χ3v) is 2.73. The zero-order valence-electron chi connectivity index (χ0n) is 10.6. The molecular formula is C15H11F2NO2. The van der Waals surface area contributed by atoms with Gasteiger partial charge in [-0.1, -0.05) is 12.1 Å². The number of nitrogens with zero attached hydrogens (tertiary/aromatic N) is 1. The van der Waals surface area contributed by atoms with Gasteiger partial charge in [-0.25, -0.2) is 8.78 Å². The highest BCUT2D eigenvalue weighted by Crippen LogP contribution is 2.32. The topological polar surface area (TPSA) is 53.2 Å². The first-order chi connectivity index (χ1) is 9.52. The third kappa shape index (κ3) is 2.76. The van der Waals surface area contributed by atoms with Crippen LogP contribution in [0.1, 0.15) is 24.2 Å². The molecule has 2 aromatic carbocycles. The molecule has 0 spiro atoms. The van der Waals surface area contributed by atoms with Crippen molar-refractivity contribution < 1.29 is 18.6 Å². The van der Waals surface area contributed by atoms with Crippen LogP contribution in [0.3, 0.4) is 0 Å². The molecule has 0 aliphatic rings. The van der Waals surface area contributed by atoms with Crippen molar-refractivity contribution in [3.05, 3.63) is 59.2 Å². The van der Waals surface area contributed by atoms with Crippen LogP contribution in [0.5, 0.6) is 11.5 Å². The van der Waals surface area contributed by atoms with Gasteiger partial charge < -0.3 is 9.84 Å². The summed E-state index contributed by atoms with van der Waals surface area (Å²) >= 11 is 0. The summed E-state index contributed by atoms with van der Waals surface area (Å²) in [7, 11) is 0. The van der Waals surface area contributed by atoms with Gasteiger partial charge in [-0.2, -0.15) is 5.26 Å². The quantitative estimate of drug-likeness (QED) is 0.929. The Labute approximate surface area is 114 Å². The highest BCUT2D eigenvalue weighted by molar-refractivity contribution is 5.42. The minimum atomic E-state index is -0.927. The molecule has 2 aromatic rings. The lowest BCUT2D eigenvalue weighted by Crippen LogP contribution is -1.99. The molecule has 1 N–H and O–H groups in total. The van der Waals surface area contributed by atoms with E-state index in [0.717, 1.165) is 6.07 Å². The lowest BCUT2D eigenvalue weighted by Gasteiger charge is -2.14. The van der Waals surface area contributed by atoms with Crippen LogP contribution < -0.4 is 4.74 Å². The molecule has 5 heteroatoms. The summed E-state index contributed by atoms with van der Waals surface area (Å²) < 4.78 is 32.5. The molecule has 0 saturated carbocycles. The number of aliphatic hydroxyl groups excluding tert-OH is 1. The number of hydrogen-bond donors (Lipinski definition) is 1. The molecule has 0 amide bonds. The lowest BCUT2D eigenvalue weighted by atomic mass is 10.1. The second-order valence-electron chi connectivity index (χ2n) is 4.19. The predicted molar refractivity (Wildman–Crippen MR) is 68.2 cm³/mol. The van der Waals surface area contributed by atoms with E-state index in [1.54, 1.807) is 6.07 Å². The number of para-hydroxylation sites is 1. The van der Waals surface area contributed by atoms with Crippen molar-refractivity contribution in [2.24, 2.45) is 0 Å². The average molecular weight is 275 g/mol. The Bertz CT molecular complexity index is 678. The summed E-state index contributed by atoms with van der Waals surface area (Å²) in [6.45, 7) is 1.47. The number of halogens is 2. The zero-order chi connectivity index (χ0) is 14.7. The van der Waals surface area contributed by atoms with E-state index in [0.29, 0.717) is 0 Å². The lowest BCUT2D eigenvalue weighted by molar-refractivity contribution is 0.194. The predicted octanol–water partition coefficient (Wildman–Crippen LogP) is 3.68. The smallest absolute Gasteiger partial charge is 0.168 e. The van der Waals surface area contributed by atoms with E-state index in [-0.39, 0.29) is 22.6 Å². The van der Waals surface area contributed by atoms with Crippen molar-refractivity contribution in [3.8, 4) is 17.6 Å². The Morgan fingerprint density at radius 2 is 1.95 bits per heavy atom. The van der Waals surface area contributed by atoms with E-state index in [1.165, 1.54) is 37.3 Å². The standard InChI is InChI=1S/C15H11F2NO2/c1-9(19)12-3-2-4-13(16)15(12)20-11-6-5-10(8-18)14(17)7-11/h2-7,9,19H,1H3/t9-/m1/s1. The molecule has 20 heavy (non-hydrogen) atoms. The summed E-state index contributed by atoms with van der Waals surface area (Å²) in [6, 6.07) is 9.43. The van der Waals surface area contributed by atoms with Gasteiger partial charge in [-0.3, -0.25) is 0 Å². The van der Waals surface area contributed by atoms with Crippen LogP contribution in [0.4, 0.5) is 8.78 Å². The van der Waals surface area contributed by atoms with Gasteiger partial charge in [0, 0.05) is 11.6 Å². The fraction of sp³-hybridized carbons (Fsp3) is 0.133. The van der Waals surface area contributed by atoms with Crippen molar-refractivity contribution in [1.29, 1.82) is 5.26 Å². The maximum Gasteiger partial charge on any atom is 0.168 e. The van der Waals surface area contributed by atoms with Gasteiger partial charge in [-0.05, 0) is 25.1 Å². The Balaban J connectivity index is 2.40. The van der Waals surface area contributed by atoms with Gasteiger partial charge in [0.25, 0.3) is 0 Å². The maximum absolute atomic E-state index is 13.8. The summed E-state index contributed by atoms with van der Waals surface area (Å²) in [5.74, 6) is -1.52. The second kappa shape index (κ2) is 5.68. The Morgan fingerprint density at radius 3 is 2.55 bits per heavy atom. The number of benzene rings is 2. The molecule has 1 atom stereocenters. The maximum atomic E-state index is 13.8. The first-order valence-corrected chi connectivity index (χ1v) is 5.87. The SMILES string of the molecule is C[C@@H](O)c1cccc(F)c1Oc1ccc(C#N)c(F)c1. The van der Waals surface area contributed by atoms with Crippen LogP contribution in [0, 0.1) is 23.0 Å². The van der Waals surface area contributed by atoms with Crippen molar-refractivity contribution in [2.75, 3.05) is 0 Å². The number of hydrogen-bond acceptors (Lipinski definition) is 3. The highest BCUT2D eigenvalue weighted by atomic mass is 19.1. The molecule has 0 radical (unpaired) electrons. The largest absolute Gasteiger partial charge is 0.454 e. The van der Waals surface area contributed by atoms with Crippen molar-refractivity contribution in [2.45, 2.75) is 13.0 Å². The van der Waals surface area contributed by atoms with Crippen LogP contribution in [0.2, 0.25) is 0 Å². The van der Waals surface area contributed by atoms with E-state index in [4.69, 9.17) is 10.00 Å². The van der Waals surface area contributed by atoms with E-state index in [2.05, 4.69) is 0 Å². The summed E-state index contributed by atoms with van der Waals surface area (Å²) in [6.07, 6.45) is -0.927. The third-order valence-electron chi connectivity index (χ3n) is 2.73. The van der Waals surface area contributed by atoms with Crippen molar-refractivity contribution in [3.63, 3.8) is 0 Å². The molecule has 0 bridgehead atoms. The molecule has 0 aromatic heterocycles. The number of nitriles is 1. The van der Waals surface area contributed by atoms with Crippen LogP contribution >= 0.6 is 0 Å². The van der Waals surface area contributed by atoms with E-state index < -0.39 is 17.7 Å². The van der Waals surface area contributed by atoms with E-state index >= 15 is 0 Å². The fourth-order valence-corrected chi connectivity index (χ4v) is 1.73. The minimum Gasteiger partial charge on any atom is -0.454 e.